The lowest BCUT2D eigenvalue weighted by molar-refractivity contribution is 0.390. The highest BCUT2D eigenvalue weighted by Crippen LogP contribution is 2.40. The fraction of sp³-hybridized carbons (Fsp3) is 0.588. The first-order chi connectivity index (χ1) is 10.1. The van der Waals surface area contributed by atoms with E-state index >= 15 is 0 Å². The summed E-state index contributed by atoms with van der Waals surface area (Å²) in [6, 6.07) is 8.15. The van der Waals surface area contributed by atoms with Crippen LogP contribution in [-0.4, -0.2) is 25.2 Å². The van der Waals surface area contributed by atoms with Gasteiger partial charge in [0.2, 0.25) is 0 Å². The Morgan fingerprint density at radius 1 is 1.33 bits per heavy atom. The molecule has 1 saturated carbocycles. The fourth-order valence-electron chi connectivity index (χ4n) is 3.71. The summed E-state index contributed by atoms with van der Waals surface area (Å²) < 4.78 is 5.36. The Morgan fingerprint density at radius 3 is 3.00 bits per heavy atom. The molecule has 1 aliphatic carbocycles. The van der Waals surface area contributed by atoms with Crippen LogP contribution in [0.3, 0.4) is 0 Å². The predicted octanol–water partition coefficient (Wildman–Crippen LogP) is 3.17. The Labute approximate surface area is 127 Å². The topological polar surface area (TPSA) is 50.9 Å². The maximum Gasteiger partial charge on any atom is 0.196 e. The smallest absolute Gasteiger partial charge is 0.196 e. The normalized spacial score (nSPS) is 29.3. The second kappa shape index (κ2) is 5.58. The highest BCUT2D eigenvalue weighted by Gasteiger charge is 2.43. The Hall–Kier alpha value is -1.71. The number of aliphatic imine (C=N–C) groups is 1. The molecule has 1 aliphatic heterocycles. The molecule has 114 valence electrons. The number of nitrogens with zero attached hydrogens (tertiary/aromatic N) is 2. The summed E-state index contributed by atoms with van der Waals surface area (Å²) in [6.07, 6.45) is 6.15. The summed E-state index contributed by atoms with van der Waals surface area (Å²) >= 11 is 0. The van der Waals surface area contributed by atoms with Crippen molar-refractivity contribution in [1.29, 1.82) is 0 Å². The number of guanidine groups is 1. The van der Waals surface area contributed by atoms with Gasteiger partial charge in [0.1, 0.15) is 5.75 Å². The molecule has 2 unspecified atom stereocenters. The lowest BCUT2D eigenvalue weighted by atomic mass is 9.88. The van der Waals surface area contributed by atoms with Crippen molar-refractivity contribution in [2.75, 3.05) is 18.6 Å². The molecule has 1 aromatic rings. The standard InChI is InChI=1S/C17H25N3O/c1-13-5-4-9-17(10-8-13)12-19-16(18)20(17)14-6-3-7-15(11-14)21-2/h3,6-7,11,13H,4-5,8-10,12H2,1-2H3,(H2,18,19). The van der Waals surface area contributed by atoms with E-state index in [-0.39, 0.29) is 5.54 Å². The van der Waals surface area contributed by atoms with Gasteiger partial charge in [-0.25, -0.2) is 0 Å². The number of hydrogen-bond donors (Lipinski definition) is 1. The van der Waals surface area contributed by atoms with Gasteiger partial charge in [0.15, 0.2) is 5.96 Å². The quantitative estimate of drug-likeness (QED) is 0.909. The van der Waals surface area contributed by atoms with E-state index in [4.69, 9.17) is 10.5 Å². The van der Waals surface area contributed by atoms with Crippen molar-refractivity contribution in [3.8, 4) is 5.75 Å². The molecule has 0 amide bonds. The number of benzene rings is 1. The van der Waals surface area contributed by atoms with Gasteiger partial charge in [-0.05, 0) is 37.3 Å². The van der Waals surface area contributed by atoms with Crippen molar-refractivity contribution in [3.05, 3.63) is 24.3 Å². The zero-order valence-corrected chi connectivity index (χ0v) is 13.0. The molecule has 1 heterocycles. The molecule has 1 spiro atoms. The first kappa shape index (κ1) is 14.2. The summed E-state index contributed by atoms with van der Waals surface area (Å²) in [5, 5.41) is 0. The molecule has 0 aromatic heterocycles. The Morgan fingerprint density at radius 2 is 2.19 bits per heavy atom. The van der Waals surface area contributed by atoms with Gasteiger partial charge in [0.25, 0.3) is 0 Å². The minimum Gasteiger partial charge on any atom is -0.497 e. The molecule has 3 rings (SSSR count). The molecule has 4 heteroatoms. The van der Waals surface area contributed by atoms with Crippen LogP contribution in [0.2, 0.25) is 0 Å². The lowest BCUT2D eigenvalue weighted by Gasteiger charge is -2.39. The molecular formula is C17H25N3O. The van der Waals surface area contributed by atoms with Gasteiger partial charge in [-0.15, -0.1) is 0 Å². The molecule has 0 radical (unpaired) electrons. The van der Waals surface area contributed by atoms with Crippen LogP contribution in [-0.2, 0) is 0 Å². The van der Waals surface area contributed by atoms with Crippen molar-refractivity contribution in [3.63, 3.8) is 0 Å². The summed E-state index contributed by atoms with van der Waals surface area (Å²) in [5.41, 5.74) is 7.40. The number of methoxy groups -OCH3 is 1. The molecule has 0 bridgehead atoms. The van der Waals surface area contributed by atoms with Gasteiger partial charge in [-0.3, -0.25) is 4.99 Å². The van der Waals surface area contributed by atoms with E-state index in [0.29, 0.717) is 5.96 Å². The zero-order valence-electron chi connectivity index (χ0n) is 13.0. The molecule has 1 fully saturated rings. The van der Waals surface area contributed by atoms with Crippen LogP contribution < -0.4 is 15.4 Å². The molecule has 2 aliphatic rings. The number of hydrogen-bond acceptors (Lipinski definition) is 4. The van der Waals surface area contributed by atoms with Crippen LogP contribution in [0.15, 0.2) is 29.3 Å². The highest BCUT2D eigenvalue weighted by atomic mass is 16.5. The van der Waals surface area contributed by atoms with Crippen LogP contribution in [0, 0.1) is 5.92 Å². The molecule has 0 saturated heterocycles. The zero-order chi connectivity index (χ0) is 14.9. The van der Waals surface area contributed by atoms with Crippen molar-refractivity contribution in [1.82, 2.24) is 0 Å². The third kappa shape index (κ3) is 2.59. The van der Waals surface area contributed by atoms with Crippen molar-refractivity contribution in [2.45, 2.75) is 44.6 Å². The van der Waals surface area contributed by atoms with E-state index in [0.717, 1.165) is 30.3 Å². The average molecular weight is 287 g/mol. The Bertz CT molecular complexity index is 543. The maximum absolute atomic E-state index is 6.23. The van der Waals surface area contributed by atoms with Gasteiger partial charge in [-0.1, -0.05) is 25.8 Å². The molecule has 21 heavy (non-hydrogen) atoms. The Kier molecular flexibility index (Phi) is 3.79. The van der Waals surface area contributed by atoms with Crippen LogP contribution >= 0.6 is 0 Å². The van der Waals surface area contributed by atoms with Gasteiger partial charge in [0, 0.05) is 11.8 Å². The average Bonchev–Trinajstić information content (AvgIpc) is 2.70. The van der Waals surface area contributed by atoms with Gasteiger partial charge in [0.05, 0.1) is 19.2 Å². The summed E-state index contributed by atoms with van der Waals surface area (Å²) in [4.78, 5) is 6.83. The highest BCUT2D eigenvalue weighted by molar-refractivity contribution is 5.98. The number of nitrogens with two attached hydrogens (primary N) is 1. The second-order valence-electron chi connectivity index (χ2n) is 6.47. The largest absolute Gasteiger partial charge is 0.497 e. The van der Waals surface area contributed by atoms with Crippen molar-refractivity contribution in [2.24, 2.45) is 16.6 Å². The minimum atomic E-state index is 0.0706. The van der Waals surface area contributed by atoms with Crippen LogP contribution in [0.25, 0.3) is 0 Å². The van der Waals surface area contributed by atoms with E-state index in [1.54, 1.807) is 7.11 Å². The molecule has 2 N–H and O–H groups in total. The number of ether oxygens (including phenoxy) is 1. The summed E-state index contributed by atoms with van der Waals surface area (Å²) in [7, 11) is 1.70. The van der Waals surface area contributed by atoms with E-state index in [9.17, 15) is 0 Å². The maximum atomic E-state index is 6.23. The molecular weight excluding hydrogens is 262 g/mol. The predicted molar refractivity (Wildman–Crippen MR) is 86.9 cm³/mol. The van der Waals surface area contributed by atoms with Crippen LogP contribution in [0.4, 0.5) is 5.69 Å². The molecule has 4 nitrogen and oxygen atoms in total. The number of rotatable bonds is 2. The van der Waals surface area contributed by atoms with Gasteiger partial charge in [-0.2, -0.15) is 0 Å². The molecule has 1 aromatic carbocycles. The fourth-order valence-corrected chi connectivity index (χ4v) is 3.71. The first-order valence-electron chi connectivity index (χ1n) is 7.89. The number of anilines is 1. The Balaban J connectivity index is 1.94. The third-order valence-corrected chi connectivity index (χ3v) is 4.99. The van der Waals surface area contributed by atoms with E-state index in [1.807, 2.05) is 12.1 Å². The van der Waals surface area contributed by atoms with Crippen LogP contribution in [0.1, 0.15) is 39.0 Å². The second-order valence-corrected chi connectivity index (χ2v) is 6.47. The monoisotopic (exact) mass is 287 g/mol. The summed E-state index contributed by atoms with van der Waals surface area (Å²) in [6.45, 7) is 3.18. The van der Waals surface area contributed by atoms with E-state index < -0.39 is 0 Å². The van der Waals surface area contributed by atoms with E-state index in [1.165, 1.54) is 25.7 Å². The summed E-state index contributed by atoms with van der Waals surface area (Å²) in [5.74, 6) is 2.32. The third-order valence-electron chi connectivity index (χ3n) is 4.99. The van der Waals surface area contributed by atoms with Gasteiger partial charge >= 0.3 is 0 Å². The van der Waals surface area contributed by atoms with Crippen molar-refractivity contribution >= 4 is 11.6 Å². The molecule has 2 atom stereocenters. The van der Waals surface area contributed by atoms with Crippen LogP contribution in [0.5, 0.6) is 5.75 Å². The van der Waals surface area contributed by atoms with E-state index in [2.05, 4.69) is 28.9 Å². The minimum absolute atomic E-state index is 0.0706. The van der Waals surface area contributed by atoms with Crippen molar-refractivity contribution < 1.29 is 4.74 Å². The SMILES string of the molecule is COc1cccc(N2C(N)=NCC23CCCC(C)CC3)c1. The lowest BCUT2D eigenvalue weighted by Crippen LogP contribution is -2.51. The van der Waals surface area contributed by atoms with Gasteiger partial charge < -0.3 is 15.4 Å². The first-order valence-corrected chi connectivity index (χ1v) is 7.89.